The van der Waals surface area contributed by atoms with Crippen molar-refractivity contribution in [3.8, 4) is 11.1 Å². The van der Waals surface area contributed by atoms with Crippen molar-refractivity contribution in [2.75, 3.05) is 10.5 Å². The van der Waals surface area contributed by atoms with Crippen LogP contribution in [-0.4, -0.2) is 9.54 Å². The summed E-state index contributed by atoms with van der Waals surface area (Å²) < 4.78 is 15.4. The maximum atomic E-state index is 12.3. The summed E-state index contributed by atoms with van der Waals surface area (Å²) in [4.78, 5) is 5.18. The molecule has 98 valence electrons. The molecule has 1 atom stereocenters. The minimum Gasteiger partial charge on any atom is -0.588 e. The van der Waals surface area contributed by atoms with E-state index in [0.717, 1.165) is 32.6 Å². The molecule has 1 aromatic heterocycles. The fourth-order valence-corrected chi connectivity index (χ4v) is 3.65. The van der Waals surface area contributed by atoms with Gasteiger partial charge in [-0.05, 0) is 24.3 Å². The van der Waals surface area contributed by atoms with Crippen LogP contribution >= 0.6 is 0 Å². The number of anilines is 2. The zero-order chi connectivity index (χ0) is 13.7. The second kappa shape index (κ2) is 4.13. The van der Waals surface area contributed by atoms with Crippen molar-refractivity contribution in [1.82, 2.24) is 4.98 Å². The maximum Gasteiger partial charge on any atom is 0.187 e. The second-order valence-electron chi connectivity index (χ2n) is 4.65. The molecule has 1 unspecified atom stereocenters. The van der Waals surface area contributed by atoms with Crippen LogP contribution in [-0.2, 0) is 11.4 Å². The molecule has 2 heterocycles. The molecule has 0 saturated carbocycles. The minimum absolute atomic E-state index is 0.671. The molecule has 1 aliphatic heterocycles. The number of hydrogen-bond donors (Lipinski definition) is 2. The third kappa shape index (κ3) is 1.51. The van der Waals surface area contributed by atoms with Crippen LogP contribution in [0.25, 0.3) is 22.0 Å². The van der Waals surface area contributed by atoms with E-state index in [9.17, 15) is 4.55 Å². The van der Waals surface area contributed by atoms with Gasteiger partial charge in [-0.25, -0.2) is 4.72 Å². The van der Waals surface area contributed by atoms with Gasteiger partial charge in [0.25, 0.3) is 0 Å². The highest BCUT2D eigenvalue weighted by molar-refractivity contribution is 7.93. The van der Waals surface area contributed by atoms with Gasteiger partial charge >= 0.3 is 0 Å². The molecule has 2 aromatic carbocycles. The lowest BCUT2D eigenvalue weighted by Gasteiger charge is -2.23. The van der Waals surface area contributed by atoms with Crippen molar-refractivity contribution in [2.24, 2.45) is 0 Å². The molecular formula is C15H11N3OS. The summed E-state index contributed by atoms with van der Waals surface area (Å²) in [5.74, 6) is 0. The van der Waals surface area contributed by atoms with Gasteiger partial charge in [-0.2, -0.15) is 0 Å². The maximum absolute atomic E-state index is 12.3. The highest BCUT2D eigenvalue weighted by Crippen LogP contribution is 2.42. The Bertz CT molecular complexity index is 834. The van der Waals surface area contributed by atoms with Crippen molar-refractivity contribution in [1.29, 1.82) is 0 Å². The van der Waals surface area contributed by atoms with E-state index in [-0.39, 0.29) is 0 Å². The number of benzene rings is 2. The van der Waals surface area contributed by atoms with E-state index in [0.29, 0.717) is 5.69 Å². The van der Waals surface area contributed by atoms with Gasteiger partial charge in [-0.15, -0.1) is 0 Å². The van der Waals surface area contributed by atoms with Crippen LogP contribution in [0, 0.1) is 0 Å². The Balaban J connectivity index is 2.10. The first-order chi connectivity index (χ1) is 9.75. The van der Waals surface area contributed by atoms with Crippen molar-refractivity contribution in [3.05, 3.63) is 48.7 Å². The van der Waals surface area contributed by atoms with Gasteiger partial charge in [0.1, 0.15) is 22.6 Å². The summed E-state index contributed by atoms with van der Waals surface area (Å²) in [6, 6.07) is 13.4. The number of nitrogens with one attached hydrogen (secondary N) is 1. The lowest BCUT2D eigenvalue weighted by molar-refractivity contribution is 0.600. The van der Waals surface area contributed by atoms with Crippen LogP contribution in [0.5, 0.6) is 0 Å². The molecule has 1 aliphatic rings. The van der Waals surface area contributed by atoms with Crippen LogP contribution in [0.3, 0.4) is 0 Å². The van der Waals surface area contributed by atoms with Crippen molar-refractivity contribution < 1.29 is 4.55 Å². The van der Waals surface area contributed by atoms with E-state index >= 15 is 0 Å². The smallest absolute Gasteiger partial charge is 0.187 e. The quantitative estimate of drug-likeness (QED) is 0.621. The number of rotatable bonds is 0. The number of nitrogens with two attached hydrogens (primary N) is 1. The van der Waals surface area contributed by atoms with Crippen LogP contribution in [0.2, 0.25) is 0 Å². The van der Waals surface area contributed by atoms with Crippen molar-refractivity contribution >= 4 is 33.6 Å². The summed E-state index contributed by atoms with van der Waals surface area (Å²) in [6.45, 7) is 0. The zero-order valence-corrected chi connectivity index (χ0v) is 11.3. The number of nitrogen functional groups attached to an aromatic ring is 1. The predicted molar refractivity (Wildman–Crippen MR) is 81.6 cm³/mol. The Morgan fingerprint density at radius 3 is 2.80 bits per heavy atom. The van der Waals surface area contributed by atoms with E-state index in [1.165, 1.54) is 0 Å². The normalized spacial score (nSPS) is 16.4. The topological polar surface area (TPSA) is 74.0 Å². The predicted octanol–water partition coefficient (Wildman–Crippen LogP) is 2.93. The van der Waals surface area contributed by atoms with Crippen molar-refractivity contribution in [2.45, 2.75) is 4.90 Å². The van der Waals surface area contributed by atoms with Crippen LogP contribution in [0.4, 0.5) is 11.4 Å². The first kappa shape index (κ1) is 11.6. The van der Waals surface area contributed by atoms with Crippen LogP contribution < -0.4 is 10.5 Å². The van der Waals surface area contributed by atoms with E-state index in [4.69, 9.17) is 5.73 Å². The molecule has 4 rings (SSSR count). The monoisotopic (exact) mass is 281 g/mol. The lowest BCUT2D eigenvalue weighted by Crippen LogP contribution is -2.19. The van der Waals surface area contributed by atoms with Gasteiger partial charge in [0, 0.05) is 28.4 Å². The first-order valence-corrected chi connectivity index (χ1v) is 7.36. The summed E-state index contributed by atoms with van der Waals surface area (Å²) >= 11 is -1.27. The molecular weight excluding hydrogens is 270 g/mol. The molecule has 3 aromatic rings. The molecule has 5 heteroatoms. The van der Waals surface area contributed by atoms with Gasteiger partial charge in [-0.3, -0.25) is 4.98 Å². The van der Waals surface area contributed by atoms with Gasteiger partial charge in [-0.1, -0.05) is 18.2 Å². The van der Waals surface area contributed by atoms with Crippen LogP contribution in [0.1, 0.15) is 0 Å². The van der Waals surface area contributed by atoms with E-state index in [2.05, 4.69) is 9.71 Å². The number of aromatic nitrogens is 1. The SMILES string of the molecule is Nc1ccnc2c3c(ccc12)-c1ccccc1[S+]([O-])N3. The molecule has 0 bridgehead atoms. The Morgan fingerprint density at radius 1 is 1.05 bits per heavy atom. The van der Waals surface area contributed by atoms with E-state index in [1.807, 2.05) is 36.4 Å². The highest BCUT2D eigenvalue weighted by Gasteiger charge is 2.28. The fraction of sp³-hybridized carbons (Fsp3) is 0. The number of hydrogen-bond acceptors (Lipinski definition) is 4. The molecule has 0 spiro atoms. The summed E-state index contributed by atoms with van der Waals surface area (Å²) in [5.41, 5.74) is 10.2. The third-order valence-electron chi connectivity index (χ3n) is 3.52. The number of nitrogens with zero attached hydrogens (tertiary/aromatic N) is 1. The molecule has 0 fully saturated rings. The second-order valence-corrected chi connectivity index (χ2v) is 5.83. The van der Waals surface area contributed by atoms with Crippen LogP contribution in [0.15, 0.2) is 53.6 Å². The Morgan fingerprint density at radius 2 is 1.90 bits per heavy atom. The molecule has 20 heavy (non-hydrogen) atoms. The fourth-order valence-electron chi connectivity index (χ4n) is 2.57. The molecule has 3 N–H and O–H groups in total. The number of fused-ring (bicyclic) bond motifs is 5. The molecule has 0 aliphatic carbocycles. The molecule has 0 amide bonds. The summed E-state index contributed by atoms with van der Waals surface area (Å²) in [7, 11) is 0. The Labute approximate surface area is 119 Å². The standard InChI is InChI=1S/C15H11N3OS/c16-12-7-8-17-14-11(12)6-5-10-9-3-1-2-4-13(9)20(19)18-15(10)14/h1-8,18H,(H2,16,17). The zero-order valence-electron chi connectivity index (χ0n) is 10.5. The van der Waals surface area contributed by atoms with Gasteiger partial charge in [0.05, 0.1) is 0 Å². The molecule has 4 nitrogen and oxygen atoms in total. The number of pyridine rings is 1. The average Bonchev–Trinajstić information content (AvgIpc) is 2.48. The van der Waals surface area contributed by atoms with Gasteiger partial charge in [0.2, 0.25) is 0 Å². The van der Waals surface area contributed by atoms with Gasteiger partial charge < -0.3 is 10.3 Å². The summed E-state index contributed by atoms with van der Waals surface area (Å²) in [6.07, 6.45) is 1.67. The largest absolute Gasteiger partial charge is 0.588 e. The Kier molecular flexibility index (Phi) is 2.39. The molecule has 0 radical (unpaired) electrons. The van der Waals surface area contributed by atoms with E-state index in [1.54, 1.807) is 12.3 Å². The highest BCUT2D eigenvalue weighted by atomic mass is 32.2. The summed E-state index contributed by atoms with van der Waals surface area (Å²) in [5, 5.41) is 0.870. The average molecular weight is 281 g/mol. The van der Waals surface area contributed by atoms with Gasteiger partial charge in [0.15, 0.2) is 4.90 Å². The lowest BCUT2D eigenvalue weighted by atomic mass is 10.0. The van der Waals surface area contributed by atoms with Crippen molar-refractivity contribution in [3.63, 3.8) is 0 Å². The minimum atomic E-state index is -1.27. The Hall–Kier alpha value is -2.24. The third-order valence-corrected chi connectivity index (χ3v) is 4.66. The molecule has 0 saturated heterocycles. The first-order valence-electron chi connectivity index (χ1n) is 6.21. The van der Waals surface area contributed by atoms with E-state index < -0.39 is 11.4 Å².